The summed E-state index contributed by atoms with van der Waals surface area (Å²) >= 11 is 0. The Morgan fingerprint density at radius 1 is 1.14 bits per heavy atom. The highest BCUT2D eigenvalue weighted by atomic mass is 16.3. The van der Waals surface area contributed by atoms with Gasteiger partial charge < -0.3 is 10.2 Å². The van der Waals surface area contributed by atoms with Gasteiger partial charge in [-0.15, -0.1) is 0 Å². The zero-order valence-electron chi connectivity index (χ0n) is 15.0. The number of para-hydroxylation sites is 1. The van der Waals surface area contributed by atoms with Crippen molar-refractivity contribution < 1.29 is 15.0 Å². The molecule has 0 unspecified atom stereocenters. The van der Waals surface area contributed by atoms with Crippen LogP contribution in [0.3, 0.4) is 0 Å². The number of hydrogen-bond acceptors (Lipinski definition) is 3. The quantitative estimate of drug-likeness (QED) is 0.782. The molecule has 128 valence electrons. The van der Waals surface area contributed by atoms with Crippen molar-refractivity contribution in [2.75, 3.05) is 6.61 Å². The first-order chi connectivity index (χ1) is 10.3. The number of aromatic hydroxyl groups is 1. The molecule has 3 heteroatoms. The molecule has 0 spiro atoms. The molecule has 0 heterocycles. The highest BCUT2D eigenvalue weighted by molar-refractivity contribution is 5.90. The van der Waals surface area contributed by atoms with Gasteiger partial charge in [-0.2, -0.15) is 0 Å². The zero-order valence-corrected chi connectivity index (χ0v) is 15.0. The number of aliphatic hydroxyl groups is 1. The maximum Gasteiger partial charge on any atom is 0.157 e. The van der Waals surface area contributed by atoms with E-state index in [-0.39, 0.29) is 11.7 Å². The summed E-state index contributed by atoms with van der Waals surface area (Å²) < 4.78 is 0. The van der Waals surface area contributed by atoms with Crippen LogP contribution in [-0.2, 0) is 4.79 Å². The van der Waals surface area contributed by atoms with Crippen LogP contribution < -0.4 is 0 Å². The lowest BCUT2D eigenvalue weighted by Crippen LogP contribution is -2.00. The van der Waals surface area contributed by atoms with E-state index in [0.717, 1.165) is 6.42 Å². The first-order valence-corrected chi connectivity index (χ1v) is 7.86. The van der Waals surface area contributed by atoms with Gasteiger partial charge in [-0.25, -0.2) is 0 Å². The fraction of sp³-hybridized carbons (Fsp3) is 0.526. The lowest BCUT2D eigenvalue weighted by atomic mass is 10.1. The minimum absolute atomic E-state index is 0.109. The van der Waals surface area contributed by atoms with Crippen molar-refractivity contribution in [3.8, 4) is 5.75 Å². The van der Waals surface area contributed by atoms with Crippen LogP contribution in [0.25, 0.3) is 0 Å². The van der Waals surface area contributed by atoms with Crippen molar-refractivity contribution in [1.82, 2.24) is 0 Å². The number of carbonyl (C=O) groups excluding carboxylic acids is 1. The molecule has 0 saturated heterocycles. The van der Waals surface area contributed by atoms with Gasteiger partial charge in [-0.05, 0) is 30.5 Å². The van der Waals surface area contributed by atoms with Gasteiger partial charge in [-0.3, -0.25) is 4.79 Å². The second kappa shape index (κ2) is 19.4. The van der Waals surface area contributed by atoms with Gasteiger partial charge >= 0.3 is 0 Å². The molecule has 1 aromatic rings. The number of ketones is 1. The van der Waals surface area contributed by atoms with Crippen LogP contribution in [0.4, 0.5) is 0 Å². The largest absolute Gasteiger partial charge is 0.508 e. The van der Waals surface area contributed by atoms with Gasteiger partial charge in [0.2, 0.25) is 0 Å². The molecule has 1 rings (SSSR count). The molecule has 3 nitrogen and oxygen atoms in total. The monoisotopic (exact) mass is 310 g/mol. The number of rotatable bonds is 4. The molecule has 0 aliphatic rings. The normalized spacial score (nSPS) is 8.59. The van der Waals surface area contributed by atoms with Crippen LogP contribution in [0, 0.1) is 11.8 Å². The maximum absolute atomic E-state index is 10.4. The summed E-state index contributed by atoms with van der Waals surface area (Å²) in [7, 11) is 0. The van der Waals surface area contributed by atoms with Gasteiger partial charge in [0.1, 0.15) is 5.75 Å². The van der Waals surface area contributed by atoms with Crippen LogP contribution in [0.15, 0.2) is 43.0 Å². The third-order valence-corrected chi connectivity index (χ3v) is 2.23. The minimum atomic E-state index is 0.109. The summed E-state index contributed by atoms with van der Waals surface area (Å²) in [5, 5.41) is 16.9. The summed E-state index contributed by atoms with van der Waals surface area (Å²) in [5.74, 6) is 1.19. The summed E-state index contributed by atoms with van der Waals surface area (Å²) in [6, 6.07) is 8.71. The van der Waals surface area contributed by atoms with Crippen molar-refractivity contribution in [3.05, 3.63) is 43.0 Å². The molecule has 0 aliphatic heterocycles. The van der Waals surface area contributed by atoms with E-state index in [2.05, 4.69) is 20.4 Å². The number of carbonyl (C=O) groups is 1. The van der Waals surface area contributed by atoms with Crippen LogP contribution in [0.1, 0.15) is 48.0 Å². The highest BCUT2D eigenvalue weighted by Crippen LogP contribution is 2.02. The number of aliphatic hydroxyl groups excluding tert-OH is 1. The topological polar surface area (TPSA) is 57.5 Å². The number of hydrogen-bond donors (Lipinski definition) is 2. The van der Waals surface area contributed by atoms with Gasteiger partial charge in [-0.1, -0.05) is 66.3 Å². The van der Waals surface area contributed by atoms with Crippen molar-refractivity contribution >= 4 is 5.78 Å². The van der Waals surface area contributed by atoms with E-state index in [9.17, 15) is 4.79 Å². The fourth-order valence-corrected chi connectivity index (χ4v) is 0.922. The lowest BCUT2D eigenvalue weighted by Gasteiger charge is -1.95. The SMILES string of the molecule is C=CC(=O)C(C)C.CC.CC(C)CCO.Oc1ccccc1. The van der Waals surface area contributed by atoms with E-state index in [1.54, 1.807) is 24.3 Å². The van der Waals surface area contributed by atoms with Crippen molar-refractivity contribution in [1.29, 1.82) is 0 Å². The molecule has 0 saturated carbocycles. The molecular weight excluding hydrogens is 276 g/mol. The van der Waals surface area contributed by atoms with Crippen LogP contribution >= 0.6 is 0 Å². The Kier molecular flexibility index (Phi) is 22.3. The summed E-state index contributed by atoms with van der Waals surface area (Å²) in [6.45, 7) is 15.6. The Labute approximate surface area is 136 Å². The van der Waals surface area contributed by atoms with Gasteiger partial charge in [0, 0.05) is 12.5 Å². The minimum Gasteiger partial charge on any atom is -0.508 e. The standard InChI is InChI=1S/C6H6O.C6H10O.C5H12O.C2H6/c7-6-4-2-1-3-5-6;1-4-6(7)5(2)3;1-5(2)3-4-6;1-2/h1-5,7H;4-5H,1H2,2-3H3;5-6H,3-4H2,1-2H3;1-2H3. The average Bonchev–Trinajstić information content (AvgIpc) is 2.50. The molecule has 0 aromatic heterocycles. The van der Waals surface area contributed by atoms with E-state index in [4.69, 9.17) is 10.2 Å². The van der Waals surface area contributed by atoms with E-state index >= 15 is 0 Å². The van der Waals surface area contributed by atoms with Crippen molar-refractivity contribution in [2.45, 2.75) is 48.0 Å². The Bertz CT molecular complexity index is 343. The number of phenols is 1. The average molecular weight is 310 g/mol. The van der Waals surface area contributed by atoms with Crippen LogP contribution in [0.2, 0.25) is 0 Å². The molecule has 1 aromatic carbocycles. The maximum atomic E-state index is 10.4. The second-order valence-electron chi connectivity index (χ2n) is 5.00. The Hall–Kier alpha value is -1.61. The molecule has 2 N–H and O–H groups in total. The first-order valence-electron chi connectivity index (χ1n) is 7.86. The third-order valence-electron chi connectivity index (χ3n) is 2.23. The van der Waals surface area contributed by atoms with E-state index in [1.807, 2.05) is 33.8 Å². The van der Waals surface area contributed by atoms with Crippen LogP contribution in [0.5, 0.6) is 5.75 Å². The van der Waals surface area contributed by atoms with E-state index in [1.165, 1.54) is 6.08 Å². The van der Waals surface area contributed by atoms with Gasteiger partial charge in [0.15, 0.2) is 5.78 Å². The number of phenolic OH excluding ortho intramolecular Hbond substituents is 1. The van der Waals surface area contributed by atoms with Crippen molar-refractivity contribution in [3.63, 3.8) is 0 Å². The Balaban J connectivity index is -0.000000234. The first kappa shape index (κ1) is 25.3. The summed E-state index contributed by atoms with van der Waals surface area (Å²) in [6.07, 6.45) is 2.28. The zero-order chi connectivity index (χ0) is 18.0. The predicted octanol–water partition coefficient (Wildman–Crippen LogP) is 4.84. The predicted molar refractivity (Wildman–Crippen MR) is 96.0 cm³/mol. The third kappa shape index (κ3) is 23.5. The lowest BCUT2D eigenvalue weighted by molar-refractivity contribution is -0.117. The van der Waals surface area contributed by atoms with Crippen LogP contribution in [-0.4, -0.2) is 22.6 Å². The van der Waals surface area contributed by atoms with Crippen molar-refractivity contribution in [2.24, 2.45) is 11.8 Å². The second-order valence-corrected chi connectivity index (χ2v) is 5.00. The molecule has 0 amide bonds. The van der Waals surface area contributed by atoms with E-state index < -0.39 is 0 Å². The highest BCUT2D eigenvalue weighted by Gasteiger charge is 1.98. The molecule has 0 radical (unpaired) electrons. The number of allylic oxidation sites excluding steroid dienone is 1. The van der Waals surface area contributed by atoms with Gasteiger partial charge in [0.05, 0.1) is 0 Å². The molecule has 22 heavy (non-hydrogen) atoms. The molecule has 0 bridgehead atoms. The number of benzene rings is 1. The Morgan fingerprint density at radius 3 is 1.68 bits per heavy atom. The molecule has 0 atom stereocenters. The fourth-order valence-electron chi connectivity index (χ4n) is 0.922. The van der Waals surface area contributed by atoms with Gasteiger partial charge in [0.25, 0.3) is 0 Å². The summed E-state index contributed by atoms with van der Waals surface area (Å²) in [4.78, 5) is 10.4. The molecular formula is C19H34O3. The smallest absolute Gasteiger partial charge is 0.157 e. The summed E-state index contributed by atoms with van der Waals surface area (Å²) in [5.41, 5.74) is 0. The molecule has 0 aliphatic carbocycles. The molecule has 0 fully saturated rings. The van der Waals surface area contributed by atoms with E-state index in [0.29, 0.717) is 18.3 Å². The Morgan fingerprint density at radius 2 is 1.59 bits per heavy atom.